The minimum atomic E-state index is -0.907. The van der Waals surface area contributed by atoms with Crippen LogP contribution in [0, 0.1) is 5.41 Å². The van der Waals surface area contributed by atoms with E-state index in [0.717, 1.165) is 25.7 Å². The van der Waals surface area contributed by atoms with Crippen molar-refractivity contribution in [3.8, 4) is 0 Å². The summed E-state index contributed by atoms with van der Waals surface area (Å²) in [6, 6.07) is 0. The van der Waals surface area contributed by atoms with Crippen molar-refractivity contribution < 1.29 is 15.0 Å². The molecule has 2 aliphatic rings. The van der Waals surface area contributed by atoms with Gasteiger partial charge in [0.25, 0.3) is 0 Å². The molecule has 0 aromatic carbocycles. The second-order valence-corrected chi connectivity index (χ2v) is 4.83. The predicted molar refractivity (Wildman–Crippen MR) is 52.0 cm³/mol. The van der Waals surface area contributed by atoms with Crippen LogP contribution in [0.2, 0.25) is 0 Å². The normalized spacial score (nSPS) is 29.2. The van der Waals surface area contributed by atoms with Crippen LogP contribution < -0.4 is 0 Å². The average molecular weight is 198 g/mol. The standard InChI is InChI=1S/C11H18O3/c12-9(13)10(5-1-2-6-10)11(14)7-3-4-8-11/h14H,1-8H2,(H,12,13). The first-order valence-electron chi connectivity index (χ1n) is 5.57. The smallest absolute Gasteiger partial charge is 0.312 e. The zero-order valence-electron chi connectivity index (χ0n) is 8.46. The topological polar surface area (TPSA) is 57.5 Å². The molecule has 0 heterocycles. The monoisotopic (exact) mass is 198 g/mol. The molecule has 2 rings (SSSR count). The van der Waals surface area contributed by atoms with Crippen molar-refractivity contribution in [2.75, 3.05) is 0 Å². The van der Waals surface area contributed by atoms with Crippen LogP contribution in [0.1, 0.15) is 51.4 Å². The number of carboxylic acid groups (broad SMARTS) is 1. The maximum absolute atomic E-state index is 11.4. The summed E-state index contributed by atoms with van der Waals surface area (Å²) in [5, 5.41) is 19.8. The number of carboxylic acids is 1. The molecule has 2 fully saturated rings. The maximum Gasteiger partial charge on any atom is 0.312 e. The SMILES string of the molecule is O=C(O)C1(C2(O)CCCC2)CCCC1. The lowest BCUT2D eigenvalue weighted by Crippen LogP contribution is -2.50. The van der Waals surface area contributed by atoms with Crippen molar-refractivity contribution in [2.45, 2.75) is 57.0 Å². The number of rotatable bonds is 2. The minimum absolute atomic E-state index is 0.666. The van der Waals surface area contributed by atoms with Gasteiger partial charge in [-0.05, 0) is 25.7 Å². The van der Waals surface area contributed by atoms with Gasteiger partial charge in [0.2, 0.25) is 0 Å². The summed E-state index contributed by atoms with van der Waals surface area (Å²) in [6.45, 7) is 0. The molecule has 0 saturated heterocycles. The van der Waals surface area contributed by atoms with Gasteiger partial charge in [-0.25, -0.2) is 0 Å². The molecule has 0 amide bonds. The second kappa shape index (κ2) is 3.23. The largest absolute Gasteiger partial charge is 0.481 e. The van der Waals surface area contributed by atoms with Crippen molar-refractivity contribution in [3.05, 3.63) is 0 Å². The van der Waals surface area contributed by atoms with Gasteiger partial charge < -0.3 is 10.2 Å². The van der Waals surface area contributed by atoms with E-state index in [0.29, 0.717) is 25.7 Å². The second-order valence-electron chi connectivity index (χ2n) is 4.83. The number of aliphatic carboxylic acids is 1. The molecule has 3 heteroatoms. The number of aliphatic hydroxyl groups is 1. The zero-order chi connectivity index (χ0) is 10.2. The Kier molecular flexibility index (Phi) is 2.30. The first-order valence-corrected chi connectivity index (χ1v) is 5.57. The molecular formula is C11H18O3. The Morgan fingerprint density at radius 1 is 0.929 bits per heavy atom. The lowest BCUT2D eigenvalue weighted by molar-refractivity contribution is -0.168. The van der Waals surface area contributed by atoms with Crippen LogP contribution in [0.5, 0.6) is 0 Å². The molecule has 80 valence electrons. The van der Waals surface area contributed by atoms with E-state index in [-0.39, 0.29) is 0 Å². The van der Waals surface area contributed by atoms with Crippen molar-refractivity contribution >= 4 is 5.97 Å². The van der Waals surface area contributed by atoms with Crippen molar-refractivity contribution in [2.24, 2.45) is 5.41 Å². The molecule has 3 nitrogen and oxygen atoms in total. The summed E-state index contributed by atoms with van der Waals surface area (Å²) in [4.78, 5) is 11.4. The summed E-state index contributed by atoms with van der Waals surface area (Å²) in [5.74, 6) is -0.778. The quantitative estimate of drug-likeness (QED) is 0.712. The maximum atomic E-state index is 11.4. The Morgan fingerprint density at radius 3 is 1.79 bits per heavy atom. The van der Waals surface area contributed by atoms with Gasteiger partial charge in [0.1, 0.15) is 0 Å². The van der Waals surface area contributed by atoms with E-state index < -0.39 is 17.0 Å². The lowest BCUT2D eigenvalue weighted by atomic mass is 9.69. The summed E-state index contributed by atoms with van der Waals surface area (Å²) >= 11 is 0. The molecule has 0 aromatic rings. The third-order valence-electron chi connectivity index (χ3n) is 4.19. The van der Waals surface area contributed by atoms with Gasteiger partial charge in [0, 0.05) is 0 Å². The minimum Gasteiger partial charge on any atom is -0.481 e. The first kappa shape index (κ1) is 9.97. The van der Waals surface area contributed by atoms with Gasteiger partial charge in [-0.2, -0.15) is 0 Å². The van der Waals surface area contributed by atoms with E-state index in [1.165, 1.54) is 0 Å². The van der Waals surface area contributed by atoms with Crippen LogP contribution in [-0.4, -0.2) is 21.8 Å². The van der Waals surface area contributed by atoms with E-state index in [1.54, 1.807) is 0 Å². The highest BCUT2D eigenvalue weighted by molar-refractivity contribution is 5.76. The van der Waals surface area contributed by atoms with Gasteiger partial charge in [-0.3, -0.25) is 4.79 Å². The van der Waals surface area contributed by atoms with E-state index in [1.807, 2.05) is 0 Å². The summed E-state index contributed by atoms with van der Waals surface area (Å²) in [6.07, 6.45) is 6.55. The molecule has 0 aliphatic heterocycles. The molecule has 0 atom stereocenters. The molecule has 14 heavy (non-hydrogen) atoms. The molecule has 2 aliphatic carbocycles. The van der Waals surface area contributed by atoms with Gasteiger partial charge in [0.05, 0.1) is 11.0 Å². The van der Waals surface area contributed by atoms with Gasteiger partial charge in [-0.15, -0.1) is 0 Å². The van der Waals surface area contributed by atoms with Gasteiger partial charge >= 0.3 is 5.97 Å². The third-order valence-corrected chi connectivity index (χ3v) is 4.19. The zero-order valence-corrected chi connectivity index (χ0v) is 8.46. The van der Waals surface area contributed by atoms with E-state index >= 15 is 0 Å². The lowest BCUT2D eigenvalue weighted by Gasteiger charge is -2.39. The van der Waals surface area contributed by atoms with Gasteiger partial charge in [0.15, 0.2) is 0 Å². The Bertz CT molecular complexity index is 235. The number of hydrogen-bond acceptors (Lipinski definition) is 2. The van der Waals surface area contributed by atoms with Crippen LogP contribution in [0.25, 0.3) is 0 Å². The van der Waals surface area contributed by atoms with E-state index in [4.69, 9.17) is 0 Å². The van der Waals surface area contributed by atoms with Crippen LogP contribution in [-0.2, 0) is 4.79 Å². The number of carbonyl (C=O) groups is 1. The fraction of sp³-hybridized carbons (Fsp3) is 0.909. The van der Waals surface area contributed by atoms with Crippen LogP contribution in [0.4, 0.5) is 0 Å². The molecule has 2 saturated carbocycles. The molecular weight excluding hydrogens is 180 g/mol. The first-order chi connectivity index (χ1) is 6.61. The van der Waals surface area contributed by atoms with E-state index in [9.17, 15) is 15.0 Å². The van der Waals surface area contributed by atoms with Crippen LogP contribution in [0.15, 0.2) is 0 Å². The summed E-state index contributed by atoms with van der Waals surface area (Å²) < 4.78 is 0. The summed E-state index contributed by atoms with van der Waals surface area (Å²) in [5.41, 5.74) is -1.72. The molecule has 0 aromatic heterocycles. The molecule has 0 bridgehead atoms. The highest BCUT2D eigenvalue weighted by Crippen LogP contribution is 2.53. The molecule has 0 spiro atoms. The molecule has 0 unspecified atom stereocenters. The highest BCUT2D eigenvalue weighted by Gasteiger charge is 2.57. The van der Waals surface area contributed by atoms with Gasteiger partial charge in [-0.1, -0.05) is 25.7 Å². The summed E-state index contributed by atoms with van der Waals surface area (Å²) in [7, 11) is 0. The fourth-order valence-electron chi connectivity index (χ4n) is 3.30. The van der Waals surface area contributed by atoms with E-state index in [2.05, 4.69) is 0 Å². The van der Waals surface area contributed by atoms with Crippen molar-refractivity contribution in [1.29, 1.82) is 0 Å². The Balaban J connectivity index is 2.30. The van der Waals surface area contributed by atoms with Crippen LogP contribution in [0.3, 0.4) is 0 Å². The Labute approximate surface area is 84.1 Å². The Morgan fingerprint density at radius 2 is 1.36 bits per heavy atom. The number of hydrogen-bond donors (Lipinski definition) is 2. The van der Waals surface area contributed by atoms with Crippen molar-refractivity contribution in [1.82, 2.24) is 0 Å². The average Bonchev–Trinajstić information content (AvgIpc) is 2.72. The molecule has 0 radical (unpaired) electrons. The molecule has 2 N–H and O–H groups in total. The third kappa shape index (κ3) is 1.18. The predicted octanol–water partition coefficient (Wildman–Crippen LogP) is 1.94. The van der Waals surface area contributed by atoms with Crippen LogP contribution >= 0.6 is 0 Å². The highest BCUT2D eigenvalue weighted by atomic mass is 16.4. The fourth-order valence-corrected chi connectivity index (χ4v) is 3.30. The Hall–Kier alpha value is -0.570. The van der Waals surface area contributed by atoms with Crippen molar-refractivity contribution in [3.63, 3.8) is 0 Å².